The van der Waals surface area contributed by atoms with Gasteiger partial charge in [-0.1, -0.05) is 0 Å². The van der Waals surface area contributed by atoms with E-state index in [-0.39, 0.29) is 5.41 Å². The number of amides is 1. The summed E-state index contributed by atoms with van der Waals surface area (Å²) in [6.45, 7) is 2.60. The average Bonchev–Trinajstić information content (AvgIpc) is 2.25. The lowest BCUT2D eigenvalue weighted by atomic mass is 9.49. The maximum atomic E-state index is 12.8. The summed E-state index contributed by atoms with van der Waals surface area (Å²) >= 11 is 0. The Balaban J connectivity index is 1.52. The highest BCUT2D eigenvalue weighted by Gasteiger charge is 2.56. The number of hydrogen-bond donors (Lipinski definition) is 1. The van der Waals surface area contributed by atoms with Crippen molar-refractivity contribution in [3.63, 3.8) is 0 Å². The number of carbonyl (C=O) groups is 1. The van der Waals surface area contributed by atoms with Crippen molar-refractivity contribution < 1.29 is 4.79 Å². The molecule has 4 bridgehead atoms. The van der Waals surface area contributed by atoms with Crippen LogP contribution in [0.3, 0.4) is 0 Å². The molecule has 3 heteroatoms. The Bertz CT molecular complexity index is 337. The van der Waals surface area contributed by atoms with Crippen LogP contribution in [-0.4, -0.2) is 30.4 Å². The standard InChI is InChI=1S/C15H24N2O/c16-7-13-8-17(9-13)14(18)15-4-10-1-11(5-15)3-12(2-10)6-15/h10-13H,1-9,16H2. The number of nitrogens with zero attached hydrogens (tertiary/aromatic N) is 1. The van der Waals surface area contributed by atoms with Gasteiger partial charge in [-0.25, -0.2) is 0 Å². The smallest absolute Gasteiger partial charge is 0.228 e. The van der Waals surface area contributed by atoms with Crippen molar-refractivity contribution in [2.24, 2.45) is 34.8 Å². The highest BCUT2D eigenvalue weighted by molar-refractivity contribution is 5.84. The Hall–Kier alpha value is -0.570. The van der Waals surface area contributed by atoms with Crippen LogP contribution in [0.2, 0.25) is 0 Å². The monoisotopic (exact) mass is 248 g/mol. The summed E-state index contributed by atoms with van der Waals surface area (Å²) in [4.78, 5) is 14.9. The van der Waals surface area contributed by atoms with Crippen molar-refractivity contribution in [1.82, 2.24) is 4.90 Å². The fraction of sp³-hybridized carbons (Fsp3) is 0.933. The molecule has 0 unspecified atom stereocenters. The largest absolute Gasteiger partial charge is 0.341 e. The van der Waals surface area contributed by atoms with Gasteiger partial charge in [0, 0.05) is 19.0 Å². The SMILES string of the molecule is NCC1CN(C(=O)C23CC4CC(CC(C4)C2)C3)C1. The lowest BCUT2D eigenvalue weighted by Gasteiger charge is -2.58. The second-order valence-corrected chi connectivity index (χ2v) is 7.51. The molecule has 1 amide bonds. The van der Waals surface area contributed by atoms with Gasteiger partial charge in [0.15, 0.2) is 0 Å². The van der Waals surface area contributed by atoms with Crippen LogP contribution in [0.25, 0.3) is 0 Å². The molecule has 0 spiro atoms. The molecule has 5 rings (SSSR count). The molecular weight excluding hydrogens is 224 g/mol. The molecule has 5 fully saturated rings. The van der Waals surface area contributed by atoms with Gasteiger partial charge in [0.05, 0.1) is 5.41 Å². The second kappa shape index (κ2) is 3.72. The Morgan fingerprint density at radius 3 is 2.00 bits per heavy atom. The van der Waals surface area contributed by atoms with Gasteiger partial charge in [0.1, 0.15) is 0 Å². The van der Waals surface area contributed by atoms with Crippen LogP contribution >= 0.6 is 0 Å². The zero-order valence-corrected chi connectivity index (χ0v) is 11.1. The number of rotatable bonds is 2. The predicted octanol–water partition coefficient (Wildman–Crippen LogP) is 1.62. The molecule has 2 N–H and O–H groups in total. The van der Waals surface area contributed by atoms with Crippen LogP contribution in [0.4, 0.5) is 0 Å². The Morgan fingerprint density at radius 1 is 1.06 bits per heavy atom. The first-order valence-corrected chi connectivity index (χ1v) is 7.68. The van der Waals surface area contributed by atoms with Crippen LogP contribution in [0.1, 0.15) is 38.5 Å². The van der Waals surface area contributed by atoms with Crippen molar-refractivity contribution in [1.29, 1.82) is 0 Å². The minimum atomic E-state index is 0.0638. The molecule has 0 aromatic carbocycles. The topological polar surface area (TPSA) is 46.3 Å². The molecule has 0 atom stereocenters. The summed E-state index contributed by atoms with van der Waals surface area (Å²) in [6, 6.07) is 0. The van der Waals surface area contributed by atoms with Crippen LogP contribution in [0, 0.1) is 29.1 Å². The molecule has 100 valence electrons. The third kappa shape index (κ3) is 1.49. The second-order valence-electron chi connectivity index (χ2n) is 7.51. The molecule has 1 aliphatic heterocycles. The summed E-state index contributed by atoms with van der Waals surface area (Å²) in [5, 5.41) is 0. The quantitative estimate of drug-likeness (QED) is 0.807. The van der Waals surface area contributed by atoms with Gasteiger partial charge in [-0.05, 0) is 62.8 Å². The maximum Gasteiger partial charge on any atom is 0.228 e. The van der Waals surface area contributed by atoms with E-state index < -0.39 is 0 Å². The summed E-state index contributed by atoms with van der Waals surface area (Å²) in [5.74, 6) is 3.67. The van der Waals surface area contributed by atoms with E-state index in [1.165, 1.54) is 38.5 Å². The van der Waals surface area contributed by atoms with Crippen molar-refractivity contribution in [2.45, 2.75) is 38.5 Å². The molecule has 3 nitrogen and oxygen atoms in total. The van der Waals surface area contributed by atoms with Crippen molar-refractivity contribution in [2.75, 3.05) is 19.6 Å². The van der Waals surface area contributed by atoms with Gasteiger partial charge in [-0.3, -0.25) is 4.79 Å². The van der Waals surface area contributed by atoms with Gasteiger partial charge < -0.3 is 10.6 Å². The molecule has 1 saturated heterocycles. The molecule has 0 aromatic heterocycles. The van der Waals surface area contributed by atoms with Crippen LogP contribution in [0.5, 0.6) is 0 Å². The van der Waals surface area contributed by atoms with E-state index in [1.54, 1.807) is 0 Å². The number of nitrogens with two attached hydrogens (primary N) is 1. The zero-order valence-electron chi connectivity index (χ0n) is 11.1. The minimum Gasteiger partial charge on any atom is -0.341 e. The van der Waals surface area contributed by atoms with Crippen LogP contribution < -0.4 is 5.73 Å². The lowest BCUT2D eigenvalue weighted by molar-refractivity contribution is -0.163. The van der Waals surface area contributed by atoms with E-state index >= 15 is 0 Å². The summed E-state index contributed by atoms with van der Waals surface area (Å²) in [7, 11) is 0. The predicted molar refractivity (Wildman–Crippen MR) is 69.7 cm³/mol. The van der Waals surface area contributed by atoms with E-state index in [2.05, 4.69) is 4.90 Å². The molecular formula is C15H24N2O. The number of likely N-dealkylation sites (tertiary alicyclic amines) is 1. The molecule has 4 aliphatic carbocycles. The van der Waals surface area contributed by atoms with Crippen molar-refractivity contribution in [3.8, 4) is 0 Å². The first kappa shape index (κ1) is 11.3. The first-order valence-electron chi connectivity index (χ1n) is 7.68. The van der Waals surface area contributed by atoms with Crippen molar-refractivity contribution in [3.05, 3.63) is 0 Å². The minimum absolute atomic E-state index is 0.0638. The third-order valence-electron chi connectivity index (χ3n) is 6.07. The Labute approximate surface area is 109 Å². The summed E-state index contributed by atoms with van der Waals surface area (Å²) in [6.07, 6.45) is 7.83. The highest BCUT2D eigenvalue weighted by atomic mass is 16.2. The molecule has 0 aromatic rings. The third-order valence-corrected chi connectivity index (χ3v) is 6.07. The summed E-state index contributed by atoms with van der Waals surface area (Å²) in [5.41, 5.74) is 5.73. The van der Waals surface area contributed by atoms with Gasteiger partial charge in [0.25, 0.3) is 0 Å². The summed E-state index contributed by atoms with van der Waals surface area (Å²) < 4.78 is 0. The van der Waals surface area contributed by atoms with Crippen LogP contribution in [0.15, 0.2) is 0 Å². The lowest BCUT2D eigenvalue weighted by Crippen LogP contribution is -2.60. The molecule has 18 heavy (non-hydrogen) atoms. The number of carbonyl (C=O) groups excluding carboxylic acids is 1. The van der Waals surface area contributed by atoms with Crippen LogP contribution in [-0.2, 0) is 4.79 Å². The number of hydrogen-bond acceptors (Lipinski definition) is 2. The zero-order chi connectivity index (χ0) is 12.3. The fourth-order valence-electron chi connectivity index (χ4n) is 5.59. The van der Waals surface area contributed by atoms with E-state index in [4.69, 9.17) is 5.73 Å². The van der Waals surface area contributed by atoms with Gasteiger partial charge in [-0.15, -0.1) is 0 Å². The Kier molecular flexibility index (Phi) is 2.33. The van der Waals surface area contributed by atoms with E-state index in [9.17, 15) is 4.79 Å². The maximum absolute atomic E-state index is 12.8. The molecule has 0 radical (unpaired) electrons. The molecule has 1 heterocycles. The first-order chi connectivity index (χ1) is 8.68. The molecule has 4 saturated carbocycles. The highest BCUT2D eigenvalue weighted by Crippen LogP contribution is 2.60. The average molecular weight is 248 g/mol. The van der Waals surface area contributed by atoms with E-state index in [1.807, 2.05) is 0 Å². The van der Waals surface area contributed by atoms with Crippen molar-refractivity contribution >= 4 is 5.91 Å². The van der Waals surface area contributed by atoms with Gasteiger partial charge in [-0.2, -0.15) is 0 Å². The Morgan fingerprint density at radius 2 is 1.56 bits per heavy atom. The van der Waals surface area contributed by atoms with Gasteiger partial charge >= 0.3 is 0 Å². The van der Waals surface area contributed by atoms with E-state index in [0.29, 0.717) is 11.8 Å². The van der Waals surface area contributed by atoms with E-state index in [0.717, 1.165) is 37.4 Å². The molecule has 5 aliphatic rings. The van der Waals surface area contributed by atoms with Gasteiger partial charge in [0.2, 0.25) is 5.91 Å². The normalized spacial score (nSPS) is 46.3. The fourth-order valence-corrected chi connectivity index (χ4v) is 5.59.